The molecule has 1 aliphatic rings. The van der Waals surface area contributed by atoms with E-state index >= 15 is 0 Å². The second kappa shape index (κ2) is 5.82. The second-order valence-corrected chi connectivity index (χ2v) is 7.27. The number of carbonyl (C=O) groups excluding carboxylic acids is 1. The number of aromatic nitrogens is 1. The highest BCUT2D eigenvalue weighted by molar-refractivity contribution is 6.30. The van der Waals surface area contributed by atoms with Gasteiger partial charge in [0.2, 0.25) is 0 Å². The van der Waals surface area contributed by atoms with Gasteiger partial charge in [0.25, 0.3) is 0 Å². The van der Waals surface area contributed by atoms with Gasteiger partial charge in [-0.05, 0) is 46.7 Å². The van der Waals surface area contributed by atoms with Crippen LogP contribution in [0, 0.1) is 5.82 Å². The topological polar surface area (TPSA) is 30.0 Å². The Hall–Kier alpha value is -3.85. The SMILES string of the molecule is O=C1c2ccccc2-c2c1c(-c1ccc(F)cc1)nc1ccc3ccccc3c21. The van der Waals surface area contributed by atoms with E-state index in [9.17, 15) is 9.18 Å². The Balaban J connectivity index is 1.84. The number of benzene rings is 4. The van der Waals surface area contributed by atoms with Crippen LogP contribution in [-0.4, -0.2) is 10.8 Å². The lowest BCUT2D eigenvalue weighted by molar-refractivity contribution is 0.104. The minimum atomic E-state index is -0.313. The maximum atomic E-state index is 13.5. The molecular weight excluding hydrogens is 361 g/mol. The van der Waals surface area contributed by atoms with E-state index in [0.717, 1.165) is 38.4 Å². The third-order valence-electron chi connectivity index (χ3n) is 5.66. The summed E-state index contributed by atoms with van der Waals surface area (Å²) in [6, 6.07) is 26.1. The molecule has 1 aliphatic carbocycles. The molecule has 0 amide bonds. The number of nitrogens with zero attached hydrogens (tertiary/aromatic N) is 1. The highest BCUT2D eigenvalue weighted by Gasteiger charge is 2.32. The molecule has 4 aromatic carbocycles. The van der Waals surface area contributed by atoms with Gasteiger partial charge < -0.3 is 0 Å². The Morgan fingerprint density at radius 3 is 2.24 bits per heavy atom. The number of fused-ring (bicyclic) bond motifs is 7. The van der Waals surface area contributed by atoms with Crippen molar-refractivity contribution in [3.8, 4) is 22.4 Å². The first-order valence-electron chi connectivity index (χ1n) is 9.48. The zero-order valence-corrected chi connectivity index (χ0v) is 15.3. The molecule has 1 aromatic heterocycles. The first kappa shape index (κ1) is 16.1. The number of hydrogen-bond donors (Lipinski definition) is 0. The molecular formula is C26H14FNO. The fraction of sp³-hybridized carbons (Fsp3) is 0. The Kier molecular flexibility index (Phi) is 3.24. The molecule has 0 atom stereocenters. The third-order valence-corrected chi connectivity index (χ3v) is 5.66. The van der Waals surface area contributed by atoms with Crippen molar-refractivity contribution in [3.05, 3.63) is 102 Å². The normalized spacial score (nSPS) is 12.4. The van der Waals surface area contributed by atoms with Crippen molar-refractivity contribution in [2.45, 2.75) is 0 Å². The number of halogens is 1. The average Bonchev–Trinajstić information content (AvgIpc) is 3.07. The summed E-state index contributed by atoms with van der Waals surface area (Å²) in [6.45, 7) is 0. The molecule has 0 spiro atoms. The Bertz CT molecular complexity index is 1470. The van der Waals surface area contributed by atoms with Crippen molar-refractivity contribution in [3.63, 3.8) is 0 Å². The van der Waals surface area contributed by atoms with E-state index in [-0.39, 0.29) is 11.6 Å². The first-order chi connectivity index (χ1) is 14.2. The van der Waals surface area contributed by atoms with Gasteiger partial charge in [0.1, 0.15) is 5.82 Å². The maximum Gasteiger partial charge on any atom is 0.196 e. The van der Waals surface area contributed by atoms with E-state index in [4.69, 9.17) is 4.98 Å². The van der Waals surface area contributed by atoms with Crippen molar-refractivity contribution in [2.24, 2.45) is 0 Å². The molecule has 0 radical (unpaired) electrons. The van der Waals surface area contributed by atoms with E-state index < -0.39 is 0 Å². The summed E-state index contributed by atoms with van der Waals surface area (Å²) in [4.78, 5) is 18.3. The summed E-state index contributed by atoms with van der Waals surface area (Å²) in [6.07, 6.45) is 0. The number of ketones is 1. The second-order valence-electron chi connectivity index (χ2n) is 7.27. The van der Waals surface area contributed by atoms with E-state index in [1.807, 2.05) is 48.5 Å². The summed E-state index contributed by atoms with van der Waals surface area (Å²) in [5.74, 6) is -0.343. The summed E-state index contributed by atoms with van der Waals surface area (Å²) in [7, 11) is 0. The summed E-state index contributed by atoms with van der Waals surface area (Å²) in [5, 5.41) is 3.17. The van der Waals surface area contributed by atoms with Crippen LogP contribution in [0.5, 0.6) is 0 Å². The first-order valence-corrected chi connectivity index (χ1v) is 9.48. The number of pyridine rings is 1. The molecule has 3 heteroatoms. The third kappa shape index (κ3) is 2.21. The number of hydrogen-bond acceptors (Lipinski definition) is 2. The predicted octanol–water partition coefficient (Wildman–Crippen LogP) is 6.41. The van der Waals surface area contributed by atoms with Crippen LogP contribution in [0.15, 0.2) is 84.9 Å². The molecule has 136 valence electrons. The van der Waals surface area contributed by atoms with E-state index in [0.29, 0.717) is 16.8 Å². The van der Waals surface area contributed by atoms with Crippen LogP contribution in [0.2, 0.25) is 0 Å². The molecule has 0 fully saturated rings. The molecule has 5 aromatic rings. The molecule has 0 N–H and O–H groups in total. The van der Waals surface area contributed by atoms with Gasteiger partial charge >= 0.3 is 0 Å². The molecule has 29 heavy (non-hydrogen) atoms. The van der Waals surface area contributed by atoms with Crippen LogP contribution in [0.1, 0.15) is 15.9 Å². The molecule has 1 heterocycles. The minimum absolute atomic E-state index is 0.0303. The van der Waals surface area contributed by atoms with Crippen LogP contribution in [0.3, 0.4) is 0 Å². The molecule has 0 aliphatic heterocycles. The van der Waals surface area contributed by atoms with Gasteiger partial charge in [-0.2, -0.15) is 0 Å². The zero-order valence-electron chi connectivity index (χ0n) is 15.3. The van der Waals surface area contributed by atoms with Gasteiger partial charge in [-0.25, -0.2) is 9.37 Å². The summed E-state index contributed by atoms with van der Waals surface area (Å²) >= 11 is 0. The number of rotatable bonds is 1. The zero-order chi connectivity index (χ0) is 19.5. The average molecular weight is 375 g/mol. The maximum absolute atomic E-state index is 13.5. The van der Waals surface area contributed by atoms with E-state index in [1.165, 1.54) is 12.1 Å². The van der Waals surface area contributed by atoms with Crippen LogP contribution < -0.4 is 0 Å². The van der Waals surface area contributed by atoms with Crippen molar-refractivity contribution in [1.29, 1.82) is 0 Å². The van der Waals surface area contributed by atoms with Crippen LogP contribution in [0.25, 0.3) is 44.1 Å². The molecule has 0 saturated carbocycles. The molecule has 0 unspecified atom stereocenters. The smallest absolute Gasteiger partial charge is 0.196 e. The monoisotopic (exact) mass is 375 g/mol. The largest absolute Gasteiger partial charge is 0.288 e. The van der Waals surface area contributed by atoms with Crippen molar-refractivity contribution >= 4 is 27.5 Å². The standard InChI is InChI=1S/C26H14FNO/c27-17-12-9-16(10-13-17)25-24-23(19-7-3-4-8-20(19)26(24)29)22-18-6-2-1-5-15(18)11-14-21(22)28-25/h1-14H. The van der Waals surface area contributed by atoms with Gasteiger partial charge in [0.15, 0.2) is 5.78 Å². The molecule has 2 nitrogen and oxygen atoms in total. The van der Waals surface area contributed by atoms with Gasteiger partial charge in [-0.1, -0.05) is 54.6 Å². The lowest BCUT2D eigenvalue weighted by atomic mass is 9.93. The minimum Gasteiger partial charge on any atom is -0.288 e. The van der Waals surface area contributed by atoms with Crippen molar-refractivity contribution in [2.75, 3.05) is 0 Å². The summed E-state index contributed by atoms with van der Waals surface area (Å²) in [5.41, 5.74) is 5.30. The molecule has 0 saturated heterocycles. The van der Waals surface area contributed by atoms with Crippen molar-refractivity contribution in [1.82, 2.24) is 4.98 Å². The van der Waals surface area contributed by atoms with Gasteiger partial charge in [0, 0.05) is 22.1 Å². The number of carbonyl (C=O) groups is 1. The highest BCUT2D eigenvalue weighted by Crippen LogP contribution is 2.46. The molecule has 0 bridgehead atoms. The van der Waals surface area contributed by atoms with Gasteiger partial charge in [-0.15, -0.1) is 0 Å². The lowest BCUT2D eigenvalue weighted by Gasteiger charge is -2.13. The fourth-order valence-corrected chi connectivity index (χ4v) is 4.38. The lowest BCUT2D eigenvalue weighted by Crippen LogP contribution is -2.01. The molecule has 6 rings (SSSR count). The van der Waals surface area contributed by atoms with E-state index in [2.05, 4.69) is 12.1 Å². The van der Waals surface area contributed by atoms with Crippen molar-refractivity contribution < 1.29 is 9.18 Å². The Morgan fingerprint density at radius 2 is 1.41 bits per heavy atom. The summed E-state index contributed by atoms with van der Waals surface area (Å²) < 4.78 is 13.5. The van der Waals surface area contributed by atoms with Gasteiger partial charge in [-0.3, -0.25) is 4.79 Å². The van der Waals surface area contributed by atoms with Crippen LogP contribution in [-0.2, 0) is 0 Å². The van der Waals surface area contributed by atoms with Gasteiger partial charge in [0.05, 0.1) is 16.8 Å². The Labute approximate surface area is 166 Å². The quantitative estimate of drug-likeness (QED) is 0.311. The fourth-order valence-electron chi connectivity index (χ4n) is 4.38. The van der Waals surface area contributed by atoms with Crippen LogP contribution >= 0.6 is 0 Å². The Morgan fingerprint density at radius 1 is 0.690 bits per heavy atom. The predicted molar refractivity (Wildman–Crippen MR) is 114 cm³/mol. The highest BCUT2D eigenvalue weighted by atomic mass is 19.1. The van der Waals surface area contributed by atoms with E-state index in [1.54, 1.807) is 12.1 Å². The van der Waals surface area contributed by atoms with Crippen LogP contribution in [0.4, 0.5) is 4.39 Å².